The molecular formula is C28H41N5O3S2. The molecule has 0 aromatic heterocycles. The van der Waals surface area contributed by atoms with Gasteiger partial charge < -0.3 is 19.9 Å². The molecule has 8 nitrogen and oxygen atoms in total. The molecule has 1 aromatic rings. The lowest BCUT2D eigenvalue weighted by Crippen LogP contribution is -2.51. The minimum absolute atomic E-state index is 0.0306. The average Bonchev–Trinajstić information content (AvgIpc) is 3.35. The number of carbonyl (C=O) groups excluding carboxylic acids is 2. The van der Waals surface area contributed by atoms with Crippen molar-refractivity contribution in [3.8, 4) is 0 Å². The zero-order valence-electron chi connectivity index (χ0n) is 23.0. The number of piperazine rings is 1. The van der Waals surface area contributed by atoms with Crippen LogP contribution in [0.4, 0.5) is 5.69 Å². The van der Waals surface area contributed by atoms with Crippen LogP contribution in [0.2, 0.25) is 0 Å². The van der Waals surface area contributed by atoms with Crippen molar-refractivity contribution in [1.82, 2.24) is 20.0 Å². The Labute approximate surface area is 237 Å². The Bertz CT molecular complexity index is 1050. The van der Waals surface area contributed by atoms with Crippen LogP contribution in [0.15, 0.2) is 18.2 Å². The number of thiocarbonyl (C=S) groups is 2. The molecular weight excluding hydrogens is 518 g/mol. The van der Waals surface area contributed by atoms with Crippen LogP contribution in [0.3, 0.4) is 0 Å². The number of carbonyl (C=O) groups is 2. The molecule has 0 bridgehead atoms. The van der Waals surface area contributed by atoms with Crippen molar-refractivity contribution in [3.63, 3.8) is 0 Å². The maximum absolute atomic E-state index is 13.3. The number of fused-ring (bicyclic) bond motifs is 1. The third kappa shape index (κ3) is 6.29. The highest BCUT2D eigenvalue weighted by Gasteiger charge is 2.49. The van der Waals surface area contributed by atoms with Gasteiger partial charge in [0, 0.05) is 44.8 Å². The number of nitrogens with one attached hydrogen (secondary N) is 1. The Morgan fingerprint density at radius 1 is 1.00 bits per heavy atom. The van der Waals surface area contributed by atoms with Crippen LogP contribution in [0.25, 0.3) is 0 Å². The van der Waals surface area contributed by atoms with Crippen molar-refractivity contribution in [2.75, 3.05) is 50.7 Å². The lowest BCUT2D eigenvalue weighted by atomic mass is 10.0. The molecule has 208 valence electrons. The number of nitrogens with zero attached hydrogens (tertiary/aromatic N) is 4. The highest BCUT2D eigenvalue weighted by atomic mass is 32.1. The molecule has 0 atom stereocenters. The average molecular weight is 560 g/mol. The first-order valence-corrected chi connectivity index (χ1v) is 14.8. The van der Waals surface area contributed by atoms with Crippen LogP contribution in [-0.4, -0.2) is 88.2 Å². The molecule has 0 saturated carbocycles. The smallest absolute Gasteiger partial charge is 0.338 e. The first-order valence-electron chi connectivity index (χ1n) is 14.0. The first kappa shape index (κ1) is 28.7. The number of benzene rings is 1. The van der Waals surface area contributed by atoms with Gasteiger partial charge in [-0.25, -0.2) is 4.79 Å². The fourth-order valence-electron chi connectivity index (χ4n) is 5.45. The topological polar surface area (TPSA) is 68.4 Å². The predicted octanol–water partition coefficient (Wildman–Crippen LogP) is 3.92. The van der Waals surface area contributed by atoms with Gasteiger partial charge in [-0.15, -0.1) is 0 Å². The van der Waals surface area contributed by atoms with E-state index in [4.69, 9.17) is 29.2 Å². The maximum Gasteiger partial charge on any atom is 0.338 e. The van der Waals surface area contributed by atoms with Crippen LogP contribution in [0.1, 0.15) is 75.2 Å². The van der Waals surface area contributed by atoms with Crippen molar-refractivity contribution >= 4 is 52.2 Å². The van der Waals surface area contributed by atoms with Gasteiger partial charge >= 0.3 is 5.97 Å². The highest BCUT2D eigenvalue weighted by Crippen LogP contribution is 2.34. The molecule has 1 aromatic carbocycles. The molecule has 0 spiro atoms. The summed E-state index contributed by atoms with van der Waals surface area (Å²) in [5.74, 6) is -0.343. The Kier molecular flexibility index (Phi) is 9.59. The van der Waals surface area contributed by atoms with E-state index in [1.165, 1.54) is 32.2 Å². The van der Waals surface area contributed by atoms with E-state index in [-0.39, 0.29) is 18.5 Å². The molecule has 0 radical (unpaired) electrons. The second-order valence-electron chi connectivity index (χ2n) is 10.8. The number of unbranched alkanes of at least 4 members (excludes halogenated alkanes) is 5. The Hall–Kier alpha value is -2.30. The van der Waals surface area contributed by atoms with Crippen molar-refractivity contribution in [2.45, 2.75) is 71.4 Å². The fraction of sp³-hybridized carbons (Fsp3) is 0.643. The van der Waals surface area contributed by atoms with Crippen LogP contribution >= 0.6 is 24.4 Å². The molecule has 3 heterocycles. The third-order valence-electron chi connectivity index (χ3n) is 7.84. The summed E-state index contributed by atoms with van der Waals surface area (Å²) < 4.78 is 5.11. The molecule has 1 N–H and O–H groups in total. The number of hydrogen-bond donors (Lipinski definition) is 1. The van der Waals surface area contributed by atoms with Crippen molar-refractivity contribution < 1.29 is 14.3 Å². The fourth-order valence-corrected chi connectivity index (χ4v) is 6.28. The Morgan fingerprint density at radius 3 is 2.34 bits per heavy atom. The largest absolute Gasteiger partial charge is 0.457 e. The molecule has 1 amide bonds. The second kappa shape index (κ2) is 12.7. The van der Waals surface area contributed by atoms with E-state index in [0.717, 1.165) is 62.8 Å². The zero-order chi connectivity index (χ0) is 27.3. The molecule has 3 aliphatic heterocycles. The molecule has 4 rings (SSSR count). The lowest BCUT2D eigenvalue weighted by Gasteiger charge is -2.36. The van der Waals surface area contributed by atoms with Gasteiger partial charge in [0.25, 0.3) is 5.91 Å². The van der Waals surface area contributed by atoms with Crippen molar-refractivity contribution in [1.29, 1.82) is 0 Å². The monoisotopic (exact) mass is 559 g/mol. The molecule has 0 unspecified atom stereocenters. The van der Waals surface area contributed by atoms with E-state index in [1.54, 1.807) is 17.0 Å². The number of ether oxygens (including phenoxy) is 1. The Morgan fingerprint density at radius 2 is 1.66 bits per heavy atom. The summed E-state index contributed by atoms with van der Waals surface area (Å²) >= 11 is 11.2. The summed E-state index contributed by atoms with van der Waals surface area (Å²) in [4.78, 5) is 33.6. The van der Waals surface area contributed by atoms with Gasteiger partial charge in [-0.05, 0) is 82.8 Å². The van der Waals surface area contributed by atoms with Gasteiger partial charge in [-0.1, -0.05) is 25.7 Å². The van der Waals surface area contributed by atoms with Crippen LogP contribution in [-0.2, 0) is 16.1 Å². The van der Waals surface area contributed by atoms with Crippen LogP contribution in [0, 0.1) is 0 Å². The minimum Gasteiger partial charge on any atom is -0.457 e. The quantitative estimate of drug-likeness (QED) is 0.247. The zero-order valence-corrected chi connectivity index (χ0v) is 24.6. The SMILES string of the molecule is CCNC(=S)N1CCN(CCCCCCCCN2C(=S)N(c3ccc4c(c3)COC4=O)C(=O)C2(C)C)CC1. The summed E-state index contributed by atoms with van der Waals surface area (Å²) in [6, 6.07) is 5.36. The summed E-state index contributed by atoms with van der Waals surface area (Å²) in [7, 11) is 0. The first-order chi connectivity index (χ1) is 18.2. The number of hydrogen-bond acceptors (Lipinski definition) is 6. The van der Waals surface area contributed by atoms with Gasteiger partial charge in [0.1, 0.15) is 12.1 Å². The van der Waals surface area contributed by atoms with Crippen LogP contribution < -0.4 is 10.2 Å². The van der Waals surface area contributed by atoms with E-state index in [9.17, 15) is 9.59 Å². The molecule has 38 heavy (non-hydrogen) atoms. The molecule has 3 aliphatic rings. The summed E-state index contributed by atoms with van der Waals surface area (Å²) in [6.07, 6.45) is 7.05. The standard InChI is InChI=1S/C28H41N5O3S2/c1-4-29-26(37)31-17-15-30(16-18-31)13-9-7-5-6-8-10-14-32-27(38)33(25(35)28(32,2)3)22-11-12-23-21(19-22)20-36-24(23)34/h11-12,19H,4-10,13-18,20H2,1-3H3,(H,29,37). The summed E-state index contributed by atoms with van der Waals surface area (Å²) in [5.41, 5.74) is 1.38. The van der Waals surface area contributed by atoms with E-state index in [1.807, 2.05) is 19.9 Å². The number of anilines is 1. The van der Waals surface area contributed by atoms with Gasteiger partial charge in [-0.2, -0.15) is 0 Å². The number of rotatable bonds is 11. The normalized spacial score (nSPS) is 19.2. The van der Waals surface area contributed by atoms with Gasteiger partial charge in [-0.3, -0.25) is 14.6 Å². The van der Waals surface area contributed by atoms with E-state index in [0.29, 0.717) is 16.4 Å². The van der Waals surface area contributed by atoms with E-state index >= 15 is 0 Å². The summed E-state index contributed by atoms with van der Waals surface area (Å²) in [6.45, 7) is 13.2. The van der Waals surface area contributed by atoms with Gasteiger partial charge in [0.05, 0.1) is 11.3 Å². The van der Waals surface area contributed by atoms with E-state index < -0.39 is 5.54 Å². The summed E-state index contributed by atoms with van der Waals surface area (Å²) in [5, 5.41) is 4.67. The molecule has 2 saturated heterocycles. The maximum atomic E-state index is 13.3. The van der Waals surface area contributed by atoms with Gasteiger partial charge in [0.15, 0.2) is 10.2 Å². The van der Waals surface area contributed by atoms with Crippen molar-refractivity contribution in [3.05, 3.63) is 29.3 Å². The Balaban J connectivity index is 1.14. The van der Waals surface area contributed by atoms with E-state index in [2.05, 4.69) is 26.9 Å². The molecule has 10 heteroatoms. The number of amides is 1. The minimum atomic E-state index is -0.692. The predicted molar refractivity (Wildman–Crippen MR) is 158 cm³/mol. The van der Waals surface area contributed by atoms with Crippen molar-refractivity contribution in [2.24, 2.45) is 0 Å². The lowest BCUT2D eigenvalue weighted by molar-refractivity contribution is -0.123. The van der Waals surface area contributed by atoms with Gasteiger partial charge in [0.2, 0.25) is 0 Å². The molecule has 0 aliphatic carbocycles. The number of esters is 1. The second-order valence-corrected chi connectivity index (χ2v) is 11.6. The third-order valence-corrected chi connectivity index (χ3v) is 8.65. The molecule has 2 fully saturated rings. The highest BCUT2D eigenvalue weighted by molar-refractivity contribution is 7.80. The number of cyclic esters (lactones) is 1. The van der Waals surface area contributed by atoms with Crippen LogP contribution in [0.5, 0.6) is 0 Å².